The SMILES string of the molecule is COC(=O)c1cc(=O)c2cc3c(cc2[nH]1)OCCO3. The van der Waals surface area contributed by atoms with Crippen LogP contribution in [0.2, 0.25) is 0 Å². The molecule has 0 atom stereocenters. The van der Waals surface area contributed by atoms with E-state index in [1.807, 2.05) is 0 Å². The molecule has 1 aliphatic rings. The Bertz CT molecular complexity index is 719. The fourth-order valence-corrected chi connectivity index (χ4v) is 2.01. The van der Waals surface area contributed by atoms with Crippen molar-refractivity contribution in [2.75, 3.05) is 20.3 Å². The van der Waals surface area contributed by atoms with Gasteiger partial charge in [0.2, 0.25) is 0 Å². The lowest BCUT2D eigenvalue weighted by Crippen LogP contribution is -2.16. The fraction of sp³-hybridized carbons (Fsp3) is 0.231. The summed E-state index contributed by atoms with van der Waals surface area (Å²) in [6.45, 7) is 0.913. The second-order valence-corrected chi connectivity index (χ2v) is 4.08. The zero-order chi connectivity index (χ0) is 13.4. The molecule has 2 aromatic rings. The minimum absolute atomic E-state index is 0.108. The van der Waals surface area contributed by atoms with Gasteiger partial charge in [0.05, 0.1) is 12.6 Å². The lowest BCUT2D eigenvalue weighted by Gasteiger charge is -2.18. The van der Waals surface area contributed by atoms with Crippen LogP contribution in [0.3, 0.4) is 0 Å². The maximum absolute atomic E-state index is 12.0. The second-order valence-electron chi connectivity index (χ2n) is 4.08. The molecule has 0 saturated heterocycles. The number of hydrogen-bond acceptors (Lipinski definition) is 5. The van der Waals surface area contributed by atoms with E-state index in [0.717, 1.165) is 0 Å². The average Bonchev–Trinajstić information content (AvgIpc) is 2.44. The van der Waals surface area contributed by atoms with Gasteiger partial charge in [-0.3, -0.25) is 4.79 Å². The van der Waals surface area contributed by atoms with Crippen LogP contribution in [-0.4, -0.2) is 31.3 Å². The number of H-pyrrole nitrogens is 1. The predicted molar refractivity (Wildman–Crippen MR) is 66.9 cm³/mol. The highest BCUT2D eigenvalue weighted by molar-refractivity contribution is 5.91. The first-order valence-corrected chi connectivity index (χ1v) is 5.74. The summed E-state index contributed by atoms with van der Waals surface area (Å²) in [5.74, 6) is 0.500. The van der Waals surface area contributed by atoms with E-state index in [9.17, 15) is 9.59 Å². The molecule has 0 unspecified atom stereocenters. The number of aromatic amines is 1. The number of methoxy groups -OCH3 is 1. The summed E-state index contributed by atoms with van der Waals surface area (Å²) in [7, 11) is 1.26. The van der Waals surface area contributed by atoms with Crippen LogP contribution in [0, 0.1) is 0 Å². The largest absolute Gasteiger partial charge is 0.486 e. The van der Waals surface area contributed by atoms with Gasteiger partial charge in [0.1, 0.15) is 18.9 Å². The number of hydrogen-bond donors (Lipinski definition) is 1. The molecule has 6 nitrogen and oxygen atoms in total. The van der Waals surface area contributed by atoms with Crippen molar-refractivity contribution in [3.05, 3.63) is 34.1 Å². The van der Waals surface area contributed by atoms with Crippen molar-refractivity contribution in [1.82, 2.24) is 4.98 Å². The van der Waals surface area contributed by atoms with E-state index in [1.165, 1.54) is 13.2 Å². The Morgan fingerprint density at radius 2 is 1.89 bits per heavy atom. The van der Waals surface area contributed by atoms with Crippen LogP contribution in [0.4, 0.5) is 0 Å². The topological polar surface area (TPSA) is 77.6 Å². The van der Waals surface area contributed by atoms with Gasteiger partial charge in [0, 0.05) is 17.5 Å². The van der Waals surface area contributed by atoms with E-state index in [0.29, 0.717) is 35.6 Å². The summed E-state index contributed by atoms with van der Waals surface area (Å²) in [5.41, 5.74) is 0.347. The van der Waals surface area contributed by atoms with Crippen molar-refractivity contribution in [2.45, 2.75) is 0 Å². The zero-order valence-corrected chi connectivity index (χ0v) is 10.2. The summed E-state index contributed by atoms with van der Waals surface area (Å²) in [6.07, 6.45) is 0. The van der Waals surface area contributed by atoms with Crippen molar-refractivity contribution in [3.8, 4) is 11.5 Å². The molecule has 1 N–H and O–H groups in total. The van der Waals surface area contributed by atoms with Crippen molar-refractivity contribution in [2.24, 2.45) is 0 Å². The molecule has 0 spiro atoms. The Morgan fingerprint density at radius 3 is 2.58 bits per heavy atom. The zero-order valence-electron chi connectivity index (χ0n) is 10.2. The molecule has 0 aliphatic carbocycles. The van der Waals surface area contributed by atoms with Gasteiger partial charge in [-0.1, -0.05) is 0 Å². The summed E-state index contributed by atoms with van der Waals surface area (Å²) in [5, 5.41) is 0.442. The maximum Gasteiger partial charge on any atom is 0.354 e. The normalized spacial score (nSPS) is 13.3. The second kappa shape index (κ2) is 4.31. The van der Waals surface area contributed by atoms with Crippen LogP contribution in [-0.2, 0) is 4.74 Å². The highest BCUT2D eigenvalue weighted by Gasteiger charge is 2.16. The number of ether oxygens (including phenoxy) is 3. The molecule has 0 bridgehead atoms. The molecule has 0 amide bonds. The first kappa shape index (κ1) is 11.6. The average molecular weight is 261 g/mol. The van der Waals surface area contributed by atoms with Gasteiger partial charge in [-0.25, -0.2) is 4.79 Å². The summed E-state index contributed by atoms with van der Waals surface area (Å²) in [6, 6.07) is 4.48. The molecule has 2 heterocycles. The highest BCUT2D eigenvalue weighted by Crippen LogP contribution is 2.32. The van der Waals surface area contributed by atoms with Gasteiger partial charge < -0.3 is 19.2 Å². The molecule has 6 heteroatoms. The van der Waals surface area contributed by atoms with E-state index in [2.05, 4.69) is 9.72 Å². The van der Waals surface area contributed by atoms with Gasteiger partial charge in [-0.05, 0) is 6.07 Å². The van der Waals surface area contributed by atoms with Crippen molar-refractivity contribution in [3.63, 3.8) is 0 Å². The Balaban J connectivity index is 2.24. The molecule has 98 valence electrons. The summed E-state index contributed by atoms with van der Waals surface area (Å²) in [4.78, 5) is 26.3. The van der Waals surface area contributed by atoms with Gasteiger partial charge in [-0.15, -0.1) is 0 Å². The number of pyridine rings is 1. The van der Waals surface area contributed by atoms with Crippen molar-refractivity contribution < 1.29 is 19.0 Å². The third kappa shape index (κ3) is 1.91. The molecule has 1 aromatic carbocycles. The first-order chi connectivity index (χ1) is 9.19. The third-order valence-electron chi connectivity index (χ3n) is 2.90. The van der Waals surface area contributed by atoms with Gasteiger partial charge >= 0.3 is 5.97 Å². The molecule has 0 saturated carbocycles. The van der Waals surface area contributed by atoms with Crippen LogP contribution < -0.4 is 14.9 Å². The third-order valence-corrected chi connectivity index (χ3v) is 2.90. The fourth-order valence-electron chi connectivity index (χ4n) is 2.01. The monoisotopic (exact) mass is 261 g/mol. The van der Waals surface area contributed by atoms with Gasteiger partial charge in [-0.2, -0.15) is 0 Å². The molecule has 0 radical (unpaired) electrons. The van der Waals surface area contributed by atoms with Crippen molar-refractivity contribution in [1.29, 1.82) is 0 Å². The number of benzene rings is 1. The van der Waals surface area contributed by atoms with Crippen molar-refractivity contribution >= 4 is 16.9 Å². The molecular formula is C13H11NO5. The van der Waals surface area contributed by atoms with Crippen LogP contribution in [0.25, 0.3) is 10.9 Å². The van der Waals surface area contributed by atoms with Gasteiger partial charge in [0.15, 0.2) is 16.9 Å². The van der Waals surface area contributed by atoms with E-state index in [-0.39, 0.29) is 11.1 Å². The van der Waals surface area contributed by atoms with Gasteiger partial charge in [0.25, 0.3) is 0 Å². The highest BCUT2D eigenvalue weighted by atomic mass is 16.6. The molecule has 3 rings (SSSR count). The van der Waals surface area contributed by atoms with Crippen LogP contribution >= 0.6 is 0 Å². The lowest BCUT2D eigenvalue weighted by atomic mass is 10.1. The number of esters is 1. The summed E-state index contributed by atoms with van der Waals surface area (Å²) < 4.78 is 15.4. The Labute approximate surface area is 107 Å². The minimum atomic E-state index is -0.589. The molecule has 1 aromatic heterocycles. The van der Waals surface area contributed by atoms with E-state index < -0.39 is 5.97 Å². The molecule has 0 fully saturated rings. The van der Waals surface area contributed by atoms with Crippen LogP contribution in [0.5, 0.6) is 11.5 Å². The molecular weight excluding hydrogens is 250 g/mol. The smallest absolute Gasteiger partial charge is 0.354 e. The van der Waals surface area contributed by atoms with E-state index in [1.54, 1.807) is 12.1 Å². The summed E-state index contributed by atoms with van der Waals surface area (Å²) >= 11 is 0. The standard InChI is InChI=1S/C13H11NO5/c1-17-13(16)9-5-10(15)7-4-11-12(6-8(7)14-9)19-3-2-18-11/h4-6H,2-3H2,1H3,(H,14,15). The molecule has 19 heavy (non-hydrogen) atoms. The van der Waals surface area contributed by atoms with E-state index >= 15 is 0 Å². The first-order valence-electron chi connectivity index (χ1n) is 5.74. The predicted octanol–water partition coefficient (Wildman–Crippen LogP) is 1.09. The number of rotatable bonds is 1. The number of aromatic nitrogens is 1. The Hall–Kier alpha value is -2.50. The quantitative estimate of drug-likeness (QED) is 0.777. The maximum atomic E-state index is 12.0. The number of nitrogens with one attached hydrogen (secondary N) is 1. The van der Waals surface area contributed by atoms with Crippen LogP contribution in [0.1, 0.15) is 10.5 Å². The lowest BCUT2D eigenvalue weighted by molar-refractivity contribution is 0.0594. The molecule has 1 aliphatic heterocycles. The Morgan fingerprint density at radius 1 is 1.21 bits per heavy atom. The van der Waals surface area contributed by atoms with E-state index in [4.69, 9.17) is 9.47 Å². The number of carbonyl (C=O) groups excluding carboxylic acids is 1. The number of fused-ring (bicyclic) bond motifs is 2. The van der Waals surface area contributed by atoms with Crippen LogP contribution in [0.15, 0.2) is 23.0 Å². The Kier molecular flexibility index (Phi) is 2.63. The minimum Gasteiger partial charge on any atom is -0.486 e. The number of carbonyl (C=O) groups is 1.